The van der Waals surface area contributed by atoms with Gasteiger partial charge in [0.15, 0.2) is 0 Å². The van der Waals surface area contributed by atoms with E-state index in [4.69, 9.17) is 0 Å². The highest BCUT2D eigenvalue weighted by atomic mass is 19.4. The quantitative estimate of drug-likeness (QED) is 0.731. The van der Waals surface area contributed by atoms with Crippen molar-refractivity contribution in [2.45, 2.75) is 38.9 Å². The summed E-state index contributed by atoms with van der Waals surface area (Å²) in [5.41, 5.74) is 0.950. The molecule has 0 amide bonds. The number of hydrogen-bond donors (Lipinski definition) is 1. The zero-order chi connectivity index (χ0) is 13.6. The van der Waals surface area contributed by atoms with Crippen molar-refractivity contribution < 1.29 is 13.2 Å². The van der Waals surface area contributed by atoms with E-state index in [0.29, 0.717) is 17.8 Å². The van der Waals surface area contributed by atoms with Crippen LogP contribution < -0.4 is 5.32 Å². The van der Waals surface area contributed by atoms with Crippen LogP contribution in [0.2, 0.25) is 0 Å². The molecule has 1 aliphatic heterocycles. The molecule has 5 heteroatoms. The van der Waals surface area contributed by atoms with Crippen LogP contribution in [0.15, 0.2) is 23.2 Å². The van der Waals surface area contributed by atoms with Gasteiger partial charge in [-0.2, -0.15) is 13.2 Å². The summed E-state index contributed by atoms with van der Waals surface area (Å²) in [6, 6.07) is 3.60. The first-order chi connectivity index (χ1) is 8.17. The second kappa shape index (κ2) is 4.00. The summed E-state index contributed by atoms with van der Waals surface area (Å²) in [5, 5.41) is 3.13. The van der Waals surface area contributed by atoms with Gasteiger partial charge in [0.1, 0.15) is 0 Å². The Kier molecular flexibility index (Phi) is 2.87. The molecule has 0 saturated carbocycles. The number of hydrogen-bond acceptors (Lipinski definition) is 2. The lowest BCUT2D eigenvalue weighted by Gasteiger charge is -2.26. The Bertz CT molecular complexity index is 501. The Balaban J connectivity index is 2.51. The fourth-order valence-corrected chi connectivity index (χ4v) is 2.20. The number of anilines is 1. The first-order valence-electron chi connectivity index (χ1n) is 5.71. The number of aliphatic imine (C=N–C) groups is 1. The Morgan fingerprint density at radius 1 is 1.28 bits per heavy atom. The maximum atomic E-state index is 12.7. The Labute approximate surface area is 104 Å². The van der Waals surface area contributed by atoms with Crippen LogP contribution in [0.25, 0.3) is 0 Å². The van der Waals surface area contributed by atoms with E-state index in [1.165, 1.54) is 6.07 Å². The van der Waals surface area contributed by atoms with Crippen LogP contribution in [0.5, 0.6) is 0 Å². The lowest BCUT2D eigenvalue weighted by molar-refractivity contribution is -0.137. The van der Waals surface area contributed by atoms with Crippen LogP contribution in [0, 0.1) is 0 Å². The Morgan fingerprint density at radius 2 is 1.94 bits per heavy atom. The largest absolute Gasteiger partial charge is 0.416 e. The predicted octanol–water partition coefficient (Wildman–Crippen LogP) is 4.39. The molecule has 1 aromatic carbocycles. The average Bonchev–Trinajstić information content (AvgIpc) is 2.27. The SMILES string of the molecule is CC1=Nc2ccc(C(F)(F)F)cc2NC(C)(C)C1. The van der Waals surface area contributed by atoms with Gasteiger partial charge in [-0.3, -0.25) is 4.99 Å². The highest BCUT2D eigenvalue weighted by Gasteiger charge is 2.32. The molecule has 1 N–H and O–H groups in total. The standard InChI is InChI=1S/C13H15F3N2/c1-8-7-12(2,3)18-11-6-9(13(14,15)16)4-5-10(11)17-8/h4-6,18H,7H2,1-3H3. The third-order valence-corrected chi connectivity index (χ3v) is 2.81. The van der Waals surface area contributed by atoms with Crippen molar-refractivity contribution in [3.63, 3.8) is 0 Å². The second-order valence-corrected chi connectivity index (χ2v) is 5.26. The van der Waals surface area contributed by atoms with Crippen LogP contribution in [0.4, 0.5) is 24.5 Å². The van der Waals surface area contributed by atoms with Crippen molar-refractivity contribution >= 4 is 17.1 Å². The van der Waals surface area contributed by atoms with Gasteiger partial charge in [0.25, 0.3) is 0 Å². The van der Waals surface area contributed by atoms with Crippen molar-refractivity contribution in [2.75, 3.05) is 5.32 Å². The van der Waals surface area contributed by atoms with Crippen LogP contribution >= 0.6 is 0 Å². The van der Waals surface area contributed by atoms with Gasteiger partial charge in [-0.1, -0.05) is 0 Å². The first-order valence-corrected chi connectivity index (χ1v) is 5.71. The highest BCUT2D eigenvalue weighted by molar-refractivity contribution is 5.89. The van der Waals surface area contributed by atoms with Crippen LogP contribution in [0.3, 0.4) is 0 Å². The molecule has 0 bridgehead atoms. The van der Waals surface area contributed by atoms with Crippen molar-refractivity contribution in [1.82, 2.24) is 0 Å². The molecule has 0 unspecified atom stereocenters. The molecule has 0 atom stereocenters. The summed E-state index contributed by atoms with van der Waals surface area (Å²) >= 11 is 0. The number of nitrogens with one attached hydrogen (secondary N) is 1. The van der Waals surface area contributed by atoms with Gasteiger partial charge in [-0.15, -0.1) is 0 Å². The van der Waals surface area contributed by atoms with Crippen LogP contribution in [-0.4, -0.2) is 11.3 Å². The third-order valence-electron chi connectivity index (χ3n) is 2.81. The number of benzene rings is 1. The number of nitrogens with zero attached hydrogens (tertiary/aromatic N) is 1. The molecular formula is C13H15F3N2. The third kappa shape index (κ3) is 2.66. The molecule has 18 heavy (non-hydrogen) atoms. The molecule has 1 aromatic rings. The molecule has 0 aromatic heterocycles. The number of rotatable bonds is 0. The summed E-state index contributed by atoms with van der Waals surface area (Å²) in [4.78, 5) is 4.35. The van der Waals surface area contributed by atoms with E-state index < -0.39 is 11.7 Å². The molecule has 1 aliphatic rings. The van der Waals surface area contributed by atoms with Crippen LogP contribution in [0.1, 0.15) is 32.8 Å². The highest BCUT2D eigenvalue weighted by Crippen LogP contribution is 2.38. The number of halogens is 3. The maximum absolute atomic E-state index is 12.7. The van der Waals surface area contributed by atoms with E-state index in [2.05, 4.69) is 10.3 Å². The topological polar surface area (TPSA) is 24.4 Å². The number of fused-ring (bicyclic) bond motifs is 1. The molecule has 2 nitrogen and oxygen atoms in total. The molecule has 0 radical (unpaired) electrons. The van der Waals surface area contributed by atoms with Gasteiger partial charge < -0.3 is 5.32 Å². The summed E-state index contributed by atoms with van der Waals surface area (Å²) in [6.45, 7) is 5.78. The normalized spacial score (nSPS) is 18.4. The van der Waals surface area contributed by atoms with E-state index in [1.807, 2.05) is 20.8 Å². The zero-order valence-electron chi connectivity index (χ0n) is 10.5. The van der Waals surface area contributed by atoms with Crippen molar-refractivity contribution in [2.24, 2.45) is 4.99 Å². The summed E-state index contributed by atoms with van der Waals surface area (Å²) in [7, 11) is 0. The molecule has 2 rings (SSSR count). The molecule has 0 aliphatic carbocycles. The Morgan fingerprint density at radius 3 is 2.56 bits per heavy atom. The summed E-state index contributed by atoms with van der Waals surface area (Å²) in [6.07, 6.45) is -3.63. The van der Waals surface area contributed by atoms with E-state index in [-0.39, 0.29) is 5.54 Å². The van der Waals surface area contributed by atoms with E-state index in [9.17, 15) is 13.2 Å². The lowest BCUT2D eigenvalue weighted by atomic mass is 9.98. The monoisotopic (exact) mass is 256 g/mol. The first kappa shape index (κ1) is 12.9. The molecule has 0 saturated heterocycles. The average molecular weight is 256 g/mol. The minimum Gasteiger partial charge on any atom is -0.378 e. The fraction of sp³-hybridized carbons (Fsp3) is 0.462. The van der Waals surface area contributed by atoms with Gasteiger partial charge in [0, 0.05) is 17.7 Å². The molecular weight excluding hydrogens is 241 g/mol. The van der Waals surface area contributed by atoms with Crippen molar-refractivity contribution in [3.05, 3.63) is 23.8 Å². The summed E-state index contributed by atoms with van der Waals surface area (Å²) < 4.78 is 38.0. The van der Waals surface area contributed by atoms with Crippen LogP contribution in [-0.2, 0) is 6.18 Å². The van der Waals surface area contributed by atoms with Gasteiger partial charge in [0.05, 0.1) is 16.9 Å². The number of alkyl halides is 3. The molecule has 1 heterocycles. The zero-order valence-corrected chi connectivity index (χ0v) is 10.5. The summed E-state index contributed by atoms with van der Waals surface area (Å²) in [5.74, 6) is 0. The Hall–Kier alpha value is -1.52. The molecule has 0 fully saturated rings. The smallest absolute Gasteiger partial charge is 0.378 e. The van der Waals surface area contributed by atoms with Crippen molar-refractivity contribution in [3.8, 4) is 0 Å². The van der Waals surface area contributed by atoms with Crippen molar-refractivity contribution in [1.29, 1.82) is 0 Å². The van der Waals surface area contributed by atoms with Gasteiger partial charge in [0.2, 0.25) is 0 Å². The predicted molar refractivity (Wildman–Crippen MR) is 66.5 cm³/mol. The lowest BCUT2D eigenvalue weighted by Crippen LogP contribution is -2.32. The van der Waals surface area contributed by atoms with Gasteiger partial charge in [-0.25, -0.2) is 0 Å². The minimum atomic E-state index is -4.33. The van der Waals surface area contributed by atoms with E-state index in [0.717, 1.165) is 17.8 Å². The second-order valence-electron chi connectivity index (χ2n) is 5.26. The van der Waals surface area contributed by atoms with E-state index >= 15 is 0 Å². The molecule has 98 valence electrons. The van der Waals surface area contributed by atoms with E-state index in [1.54, 1.807) is 0 Å². The fourth-order valence-electron chi connectivity index (χ4n) is 2.20. The minimum absolute atomic E-state index is 0.303. The maximum Gasteiger partial charge on any atom is 0.416 e. The van der Waals surface area contributed by atoms with Gasteiger partial charge in [-0.05, 0) is 39.0 Å². The molecule has 0 spiro atoms. The van der Waals surface area contributed by atoms with Gasteiger partial charge >= 0.3 is 6.18 Å².